The number of piperazine rings is 1. The molecule has 0 N–H and O–H groups in total. The molecule has 1 saturated heterocycles. The fraction of sp³-hybridized carbons (Fsp3) is 0.276. The number of sulfonamides is 1. The van der Waals surface area contributed by atoms with Crippen molar-refractivity contribution in [3.05, 3.63) is 89.2 Å². The SMILES string of the molecule is Cc1ccc(Oc2ccc(Cc3nsc(N4CCN(S(=O)(=O)c5ccc6c(c5)CCN6C=O)CC4)n3)cc2)cc1. The van der Waals surface area contributed by atoms with Gasteiger partial charge in [-0.2, -0.15) is 8.68 Å². The third kappa shape index (κ3) is 5.45. The molecular formula is C29H29N5O4S2. The van der Waals surface area contributed by atoms with E-state index in [4.69, 9.17) is 9.72 Å². The van der Waals surface area contributed by atoms with Crippen LogP contribution in [0.1, 0.15) is 22.5 Å². The maximum Gasteiger partial charge on any atom is 0.243 e. The fourth-order valence-corrected chi connectivity index (χ4v) is 7.20. The lowest BCUT2D eigenvalue weighted by atomic mass is 10.1. The summed E-state index contributed by atoms with van der Waals surface area (Å²) in [6.07, 6.45) is 2.06. The summed E-state index contributed by atoms with van der Waals surface area (Å²) in [5.41, 5.74) is 3.95. The Balaban J connectivity index is 1.05. The van der Waals surface area contributed by atoms with Crippen molar-refractivity contribution >= 4 is 38.8 Å². The second-order valence-corrected chi connectivity index (χ2v) is 12.6. The van der Waals surface area contributed by atoms with Gasteiger partial charge in [-0.1, -0.05) is 29.8 Å². The van der Waals surface area contributed by atoms with E-state index < -0.39 is 10.0 Å². The van der Waals surface area contributed by atoms with Crippen LogP contribution >= 0.6 is 11.5 Å². The molecule has 1 fully saturated rings. The van der Waals surface area contributed by atoms with E-state index in [1.165, 1.54) is 21.4 Å². The molecule has 2 aliphatic rings. The van der Waals surface area contributed by atoms with Crippen LogP contribution in [0.4, 0.5) is 10.8 Å². The van der Waals surface area contributed by atoms with Crippen LogP contribution < -0.4 is 14.5 Å². The Morgan fingerprint density at radius 1 is 0.925 bits per heavy atom. The molecule has 0 unspecified atom stereocenters. The number of benzene rings is 3. The number of carbonyl (C=O) groups is 1. The van der Waals surface area contributed by atoms with Crippen LogP contribution in [0, 0.1) is 6.92 Å². The Bertz CT molecular complexity index is 1610. The summed E-state index contributed by atoms with van der Waals surface area (Å²) in [7, 11) is -3.62. The maximum atomic E-state index is 13.3. The van der Waals surface area contributed by atoms with E-state index in [1.807, 2.05) is 55.5 Å². The second-order valence-electron chi connectivity index (χ2n) is 9.96. The molecule has 1 aromatic heterocycles. The summed E-state index contributed by atoms with van der Waals surface area (Å²) < 4.78 is 38.6. The van der Waals surface area contributed by atoms with Crippen LogP contribution in [-0.4, -0.2) is 61.2 Å². The Kier molecular flexibility index (Phi) is 7.26. The molecule has 0 aliphatic carbocycles. The highest BCUT2D eigenvalue weighted by Crippen LogP contribution is 2.31. The summed E-state index contributed by atoms with van der Waals surface area (Å²) >= 11 is 1.34. The molecule has 6 rings (SSSR count). The van der Waals surface area contributed by atoms with Gasteiger partial charge in [0, 0.05) is 56.4 Å². The number of rotatable bonds is 8. The molecule has 206 valence electrons. The Morgan fingerprint density at radius 3 is 2.33 bits per heavy atom. The van der Waals surface area contributed by atoms with Gasteiger partial charge < -0.3 is 14.5 Å². The first-order chi connectivity index (χ1) is 19.4. The van der Waals surface area contributed by atoms with Crippen LogP contribution in [0.2, 0.25) is 0 Å². The van der Waals surface area contributed by atoms with E-state index in [0.29, 0.717) is 45.6 Å². The monoisotopic (exact) mass is 575 g/mol. The standard InChI is InChI=1S/C29H29N5O4S2/c1-21-2-6-24(7-3-21)38-25-8-4-22(5-9-25)18-28-30-29(39-31-28)32-14-16-34(17-15-32)40(36,37)26-10-11-27-23(19-26)12-13-33(27)20-35/h2-11,19-20H,12-18H2,1H3. The van der Waals surface area contributed by atoms with Crippen molar-refractivity contribution in [3.8, 4) is 11.5 Å². The van der Waals surface area contributed by atoms with E-state index in [9.17, 15) is 13.2 Å². The number of hydrogen-bond donors (Lipinski definition) is 0. The Hall–Kier alpha value is -3.80. The van der Waals surface area contributed by atoms with Gasteiger partial charge in [0.2, 0.25) is 21.6 Å². The van der Waals surface area contributed by atoms with E-state index in [-0.39, 0.29) is 4.90 Å². The summed E-state index contributed by atoms with van der Waals surface area (Å²) in [4.78, 5) is 19.9. The maximum absolute atomic E-state index is 13.3. The molecule has 11 heteroatoms. The van der Waals surface area contributed by atoms with Crippen LogP contribution in [0.15, 0.2) is 71.6 Å². The summed E-state index contributed by atoms with van der Waals surface area (Å²) in [6.45, 7) is 4.46. The zero-order chi connectivity index (χ0) is 27.7. The van der Waals surface area contributed by atoms with Crippen molar-refractivity contribution in [1.29, 1.82) is 0 Å². The molecule has 0 bridgehead atoms. The average molecular weight is 576 g/mol. The molecule has 0 spiro atoms. The summed E-state index contributed by atoms with van der Waals surface area (Å²) in [5, 5.41) is 0.804. The minimum Gasteiger partial charge on any atom is -0.457 e. The number of aromatic nitrogens is 2. The molecule has 0 radical (unpaired) electrons. The third-order valence-electron chi connectivity index (χ3n) is 7.26. The van der Waals surface area contributed by atoms with Gasteiger partial charge in [0.25, 0.3) is 0 Å². The molecule has 4 aromatic rings. The van der Waals surface area contributed by atoms with E-state index in [2.05, 4.69) is 9.27 Å². The van der Waals surface area contributed by atoms with Crippen LogP contribution in [0.25, 0.3) is 0 Å². The van der Waals surface area contributed by atoms with Gasteiger partial charge in [0.15, 0.2) is 0 Å². The van der Waals surface area contributed by atoms with Gasteiger partial charge in [-0.05, 0) is 66.9 Å². The minimum absolute atomic E-state index is 0.279. The second kappa shape index (κ2) is 11.0. The largest absolute Gasteiger partial charge is 0.457 e. The molecular weight excluding hydrogens is 546 g/mol. The quantitative estimate of drug-likeness (QED) is 0.290. The van der Waals surface area contributed by atoms with E-state index >= 15 is 0 Å². The topological polar surface area (TPSA) is 95.9 Å². The van der Waals surface area contributed by atoms with Gasteiger partial charge >= 0.3 is 0 Å². The molecule has 0 atom stereocenters. The first kappa shape index (κ1) is 26.4. The number of hydrogen-bond acceptors (Lipinski definition) is 8. The van der Waals surface area contributed by atoms with E-state index in [0.717, 1.165) is 45.7 Å². The number of fused-ring (bicyclic) bond motifs is 1. The van der Waals surface area contributed by atoms with Crippen molar-refractivity contribution in [3.63, 3.8) is 0 Å². The Labute approximate surface area is 237 Å². The van der Waals surface area contributed by atoms with Crippen LogP contribution in [-0.2, 0) is 27.7 Å². The first-order valence-electron chi connectivity index (χ1n) is 13.1. The number of aryl methyl sites for hydroxylation is 1. The first-order valence-corrected chi connectivity index (χ1v) is 15.4. The highest BCUT2D eigenvalue weighted by atomic mass is 32.2. The number of amides is 1. The number of carbonyl (C=O) groups excluding carboxylic acids is 1. The van der Waals surface area contributed by atoms with Crippen LogP contribution in [0.5, 0.6) is 11.5 Å². The minimum atomic E-state index is -3.62. The smallest absolute Gasteiger partial charge is 0.243 e. The predicted molar refractivity (Wildman–Crippen MR) is 155 cm³/mol. The van der Waals surface area contributed by atoms with Gasteiger partial charge in [0.05, 0.1) is 4.90 Å². The van der Waals surface area contributed by atoms with Gasteiger partial charge in [0.1, 0.15) is 17.3 Å². The molecule has 3 heterocycles. The highest BCUT2D eigenvalue weighted by molar-refractivity contribution is 7.89. The molecule has 40 heavy (non-hydrogen) atoms. The third-order valence-corrected chi connectivity index (χ3v) is 9.97. The lowest BCUT2D eigenvalue weighted by Crippen LogP contribution is -2.48. The number of nitrogens with zero attached hydrogens (tertiary/aromatic N) is 5. The molecule has 9 nitrogen and oxygen atoms in total. The van der Waals surface area contributed by atoms with Crippen molar-refractivity contribution in [2.24, 2.45) is 0 Å². The predicted octanol–water partition coefficient (Wildman–Crippen LogP) is 4.26. The molecule has 1 amide bonds. The number of anilines is 2. The lowest BCUT2D eigenvalue weighted by Gasteiger charge is -2.33. The average Bonchev–Trinajstić information content (AvgIpc) is 3.62. The van der Waals surface area contributed by atoms with Crippen molar-refractivity contribution in [2.45, 2.75) is 24.7 Å². The van der Waals surface area contributed by atoms with Gasteiger partial charge in [-0.25, -0.2) is 13.4 Å². The molecule has 0 saturated carbocycles. The zero-order valence-electron chi connectivity index (χ0n) is 22.1. The van der Waals surface area contributed by atoms with Crippen molar-refractivity contribution in [1.82, 2.24) is 13.7 Å². The molecule has 2 aliphatic heterocycles. The lowest BCUT2D eigenvalue weighted by molar-refractivity contribution is -0.107. The summed E-state index contributed by atoms with van der Waals surface area (Å²) in [6, 6.07) is 20.9. The number of ether oxygens (including phenoxy) is 1. The van der Waals surface area contributed by atoms with Gasteiger partial charge in [-0.15, -0.1) is 0 Å². The fourth-order valence-electron chi connectivity index (χ4n) is 4.99. The van der Waals surface area contributed by atoms with E-state index in [1.54, 1.807) is 23.1 Å². The zero-order valence-corrected chi connectivity index (χ0v) is 23.7. The molecule has 3 aromatic carbocycles. The van der Waals surface area contributed by atoms with Crippen molar-refractivity contribution in [2.75, 3.05) is 42.5 Å². The highest BCUT2D eigenvalue weighted by Gasteiger charge is 2.31. The normalized spacial score (nSPS) is 15.7. The van der Waals surface area contributed by atoms with Crippen LogP contribution in [0.3, 0.4) is 0 Å². The van der Waals surface area contributed by atoms with Crippen molar-refractivity contribution < 1.29 is 17.9 Å². The van der Waals surface area contributed by atoms with Gasteiger partial charge in [-0.3, -0.25) is 4.79 Å². The Morgan fingerprint density at radius 2 is 1.62 bits per heavy atom. The summed E-state index contributed by atoms with van der Waals surface area (Å²) in [5.74, 6) is 2.32.